The van der Waals surface area contributed by atoms with Gasteiger partial charge in [-0.3, -0.25) is 4.79 Å². The molecule has 0 aromatic carbocycles. The highest BCUT2D eigenvalue weighted by Crippen LogP contribution is 1.99. The Balaban J connectivity index is 4.10. The molecule has 4 nitrogen and oxygen atoms in total. The molecule has 0 aromatic rings. The molecule has 0 aliphatic rings. The van der Waals surface area contributed by atoms with Crippen molar-refractivity contribution in [2.45, 2.75) is 46.2 Å². The number of nitrogens with one attached hydrogen (secondary N) is 1. The van der Waals surface area contributed by atoms with Crippen LogP contribution in [0, 0.1) is 0 Å². The Bertz CT molecular complexity index is 179. The molecule has 0 radical (unpaired) electrons. The monoisotopic (exact) mass is 215 g/mol. The summed E-state index contributed by atoms with van der Waals surface area (Å²) in [6, 6.07) is 0.459. The highest BCUT2D eigenvalue weighted by molar-refractivity contribution is 5.76. The maximum Gasteiger partial charge on any atom is 0.224 e. The van der Waals surface area contributed by atoms with Crippen LogP contribution in [0.15, 0.2) is 0 Å². The van der Waals surface area contributed by atoms with Gasteiger partial charge in [0.15, 0.2) is 0 Å². The second kappa shape index (κ2) is 7.65. The van der Waals surface area contributed by atoms with E-state index in [2.05, 4.69) is 19.2 Å². The van der Waals surface area contributed by atoms with E-state index in [1.54, 1.807) is 0 Å². The predicted octanol–water partition coefficient (Wildman–Crippen LogP) is 0.570. The van der Waals surface area contributed by atoms with Gasteiger partial charge in [-0.1, -0.05) is 13.8 Å². The fraction of sp³-hybridized carbons (Fsp3) is 0.909. The van der Waals surface area contributed by atoms with Crippen molar-refractivity contribution in [3.8, 4) is 0 Å². The SMILES string of the molecule is CCN(CC)C(=O)CC(CN)NC(C)C. The van der Waals surface area contributed by atoms with E-state index in [1.807, 2.05) is 18.7 Å². The van der Waals surface area contributed by atoms with E-state index in [9.17, 15) is 4.79 Å². The number of nitrogens with two attached hydrogens (primary N) is 1. The maximum absolute atomic E-state index is 11.8. The van der Waals surface area contributed by atoms with Crippen LogP contribution in [-0.2, 0) is 4.79 Å². The molecule has 0 bridgehead atoms. The van der Waals surface area contributed by atoms with Gasteiger partial charge in [-0.25, -0.2) is 0 Å². The van der Waals surface area contributed by atoms with E-state index in [0.29, 0.717) is 19.0 Å². The third-order valence-electron chi connectivity index (χ3n) is 2.39. The Kier molecular flexibility index (Phi) is 7.34. The smallest absolute Gasteiger partial charge is 0.224 e. The summed E-state index contributed by atoms with van der Waals surface area (Å²) < 4.78 is 0. The molecule has 90 valence electrons. The third-order valence-corrected chi connectivity index (χ3v) is 2.39. The zero-order chi connectivity index (χ0) is 11.8. The van der Waals surface area contributed by atoms with Crippen molar-refractivity contribution in [1.29, 1.82) is 0 Å². The molecular weight excluding hydrogens is 190 g/mol. The Morgan fingerprint density at radius 1 is 1.33 bits per heavy atom. The van der Waals surface area contributed by atoms with E-state index < -0.39 is 0 Å². The van der Waals surface area contributed by atoms with Gasteiger partial charge in [0.25, 0.3) is 0 Å². The van der Waals surface area contributed by atoms with Crippen LogP contribution in [-0.4, -0.2) is 42.5 Å². The van der Waals surface area contributed by atoms with Gasteiger partial charge in [0.2, 0.25) is 5.91 Å². The second-order valence-electron chi connectivity index (χ2n) is 4.02. The summed E-state index contributed by atoms with van der Waals surface area (Å²) in [7, 11) is 0. The first-order valence-electron chi connectivity index (χ1n) is 5.78. The highest BCUT2D eigenvalue weighted by Gasteiger charge is 2.16. The molecule has 0 spiro atoms. The molecular formula is C11H25N3O. The fourth-order valence-corrected chi connectivity index (χ4v) is 1.60. The predicted molar refractivity (Wildman–Crippen MR) is 63.7 cm³/mol. The van der Waals surface area contributed by atoms with Crippen LogP contribution >= 0.6 is 0 Å². The number of carbonyl (C=O) groups is 1. The van der Waals surface area contributed by atoms with Gasteiger partial charge in [0, 0.05) is 38.1 Å². The van der Waals surface area contributed by atoms with Crippen LogP contribution in [0.3, 0.4) is 0 Å². The summed E-state index contributed by atoms with van der Waals surface area (Å²) in [5.74, 6) is 0.184. The normalized spacial score (nSPS) is 12.9. The minimum Gasteiger partial charge on any atom is -0.343 e. The van der Waals surface area contributed by atoms with Crippen LogP contribution in [0.4, 0.5) is 0 Å². The highest BCUT2D eigenvalue weighted by atomic mass is 16.2. The van der Waals surface area contributed by atoms with Gasteiger partial charge < -0.3 is 16.0 Å². The van der Waals surface area contributed by atoms with Crippen molar-refractivity contribution in [2.75, 3.05) is 19.6 Å². The largest absolute Gasteiger partial charge is 0.343 e. The molecule has 0 aliphatic heterocycles. The first kappa shape index (κ1) is 14.4. The number of nitrogens with zero attached hydrogens (tertiary/aromatic N) is 1. The molecule has 15 heavy (non-hydrogen) atoms. The summed E-state index contributed by atoms with van der Waals surface area (Å²) in [5.41, 5.74) is 5.62. The maximum atomic E-state index is 11.8. The third kappa shape index (κ3) is 5.74. The molecule has 1 atom stereocenters. The van der Waals surface area contributed by atoms with Gasteiger partial charge in [-0.05, 0) is 13.8 Å². The molecule has 1 unspecified atom stereocenters. The van der Waals surface area contributed by atoms with Crippen LogP contribution in [0.25, 0.3) is 0 Å². The van der Waals surface area contributed by atoms with Crippen molar-refractivity contribution in [1.82, 2.24) is 10.2 Å². The van der Waals surface area contributed by atoms with Crippen molar-refractivity contribution in [3.05, 3.63) is 0 Å². The lowest BCUT2D eigenvalue weighted by atomic mass is 10.1. The Morgan fingerprint density at radius 3 is 2.20 bits per heavy atom. The number of amides is 1. The van der Waals surface area contributed by atoms with Gasteiger partial charge in [0.1, 0.15) is 0 Å². The number of hydrogen-bond donors (Lipinski definition) is 2. The first-order chi connectivity index (χ1) is 7.04. The van der Waals surface area contributed by atoms with Gasteiger partial charge >= 0.3 is 0 Å². The second-order valence-corrected chi connectivity index (χ2v) is 4.02. The lowest BCUT2D eigenvalue weighted by Gasteiger charge is -2.24. The Morgan fingerprint density at radius 2 is 1.87 bits per heavy atom. The van der Waals surface area contributed by atoms with Crippen LogP contribution in [0.5, 0.6) is 0 Å². The Hall–Kier alpha value is -0.610. The van der Waals surface area contributed by atoms with E-state index in [4.69, 9.17) is 5.73 Å². The number of carbonyl (C=O) groups excluding carboxylic acids is 1. The summed E-state index contributed by atoms with van der Waals surface area (Å²) >= 11 is 0. The van der Waals surface area contributed by atoms with Crippen molar-refractivity contribution in [2.24, 2.45) is 5.73 Å². The first-order valence-corrected chi connectivity index (χ1v) is 5.78. The Labute approximate surface area is 93.2 Å². The lowest BCUT2D eigenvalue weighted by Crippen LogP contribution is -2.44. The molecule has 3 N–H and O–H groups in total. The molecule has 0 saturated carbocycles. The minimum atomic E-state index is 0.0955. The molecule has 0 fully saturated rings. The van der Waals surface area contributed by atoms with E-state index in [-0.39, 0.29) is 11.9 Å². The molecule has 0 aliphatic carbocycles. The van der Waals surface area contributed by atoms with Crippen molar-refractivity contribution < 1.29 is 4.79 Å². The van der Waals surface area contributed by atoms with Crippen LogP contribution in [0.1, 0.15) is 34.1 Å². The van der Waals surface area contributed by atoms with Crippen LogP contribution < -0.4 is 11.1 Å². The standard InChI is InChI=1S/C11H25N3O/c1-5-14(6-2)11(15)7-10(8-12)13-9(3)4/h9-10,13H,5-8,12H2,1-4H3. The van der Waals surface area contributed by atoms with Crippen molar-refractivity contribution in [3.63, 3.8) is 0 Å². The number of rotatable bonds is 7. The number of hydrogen-bond acceptors (Lipinski definition) is 3. The van der Waals surface area contributed by atoms with Gasteiger partial charge in [-0.15, -0.1) is 0 Å². The van der Waals surface area contributed by atoms with Crippen molar-refractivity contribution >= 4 is 5.91 Å². The summed E-state index contributed by atoms with van der Waals surface area (Å²) in [6.07, 6.45) is 0.496. The molecule has 0 heterocycles. The minimum absolute atomic E-state index is 0.0955. The van der Waals surface area contributed by atoms with E-state index in [0.717, 1.165) is 13.1 Å². The average molecular weight is 215 g/mol. The quantitative estimate of drug-likeness (QED) is 0.653. The molecule has 0 rings (SSSR count). The molecule has 0 saturated heterocycles. The zero-order valence-corrected chi connectivity index (χ0v) is 10.4. The molecule has 1 amide bonds. The van der Waals surface area contributed by atoms with Crippen LogP contribution in [0.2, 0.25) is 0 Å². The average Bonchev–Trinajstić information content (AvgIpc) is 2.17. The molecule has 0 aromatic heterocycles. The fourth-order valence-electron chi connectivity index (χ4n) is 1.60. The van der Waals surface area contributed by atoms with Gasteiger partial charge in [0.05, 0.1) is 0 Å². The van der Waals surface area contributed by atoms with E-state index >= 15 is 0 Å². The summed E-state index contributed by atoms with van der Waals surface area (Å²) in [4.78, 5) is 13.6. The topological polar surface area (TPSA) is 58.4 Å². The van der Waals surface area contributed by atoms with E-state index in [1.165, 1.54) is 0 Å². The summed E-state index contributed by atoms with van der Waals surface area (Å²) in [5, 5.41) is 3.29. The van der Waals surface area contributed by atoms with Gasteiger partial charge in [-0.2, -0.15) is 0 Å². The summed E-state index contributed by atoms with van der Waals surface area (Å²) in [6.45, 7) is 10.2. The zero-order valence-electron chi connectivity index (χ0n) is 10.4. The lowest BCUT2D eigenvalue weighted by molar-refractivity contribution is -0.131. The molecule has 4 heteroatoms.